The van der Waals surface area contributed by atoms with Crippen LogP contribution in [0.1, 0.15) is 21.5 Å². The van der Waals surface area contributed by atoms with Gasteiger partial charge >= 0.3 is 0 Å². The Balaban J connectivity index is 2.17. The third kappa shape index (κ3) is 2.18. The molecule has 0 radical (unpaired) electrons. The van der Waals surface area contributed by atoms with Gasteiger partial charge in [-0.05, 0) is 42.1 Å². The van der Waals surface area contributed by atoms with Gasteiger partial charge in [0.2, 0.25) is 0 Å². The number of pyridine rings is 1. The first-order valence-electron chi connectivity index (χ1n) is 6.30. The van der Waals surface area contributed by atoms with Crippen molar-refractivity contribution in [2.75, 3.05) is 0 Å². The maximum atomic E-state index is 13.5. The van der Waals surface area contributed by atoms with Gasteiger partial charge in [0.15, 0.2) is 5.78 Å². The number of hydrogen-bond donors (Lipinski definition) is 0. The predicted molar refractivity (Wildman–Crippen MR) is 76.3 cm³/mol. The number of carbonyl (C=O) groups is 1. The molecule has 0 amide bonds. The first kappa shape index (κ1) is 12.5. The fourth-order valence-corrected chi connectivity index (χ4v) is 2.34. The van der Waals surface area contributed by atoms with Gasteiger partial charge in [-0.25, -0.2) is 4.39 Å². The molecule has 0 aliphatic heterocycles. The fourth-order valence-electron chi connectivity index (χ4n) is 2.34. The van der Waals surface area contributed by atoms with Crippen molar-refractivity contribution < 1.29 is 9.18 Å². The fraction of sp³-hybridized carbons (Fsp3) is 0.0588. The number of halogens is 1. The van der Waals surface area contributed by atoms with Gasteiger partial charge in [-0.15, -0.1) is 0 Å². The zero-order chi connectivity index (χ0) is 14.1. The summed E-state index contributed by atoms with van der Waals surface area (Å²) in [6.07, 6.45) is 3.36. The molecule has 0 saturated heterocycles. The molecule has 2 nitrogen and oxygen atoms in total. The molecule has 0 bridgehead atoms. The van der Waals surface area contributed by atoms with Crippen LogP contribution in [0.2, 0.25) is 0 Å². The van der Waals surface area contributed by atoms with Crippen LogP contribution in [-0.4, -0.2) is 10.8 Å². The number of carbonyl (C=O) groups excluding carboxylic acids is 1. The molecule has 3 heteroatoms. The van der Waals surface area contributed by atoms with E-state index in [1.807, 2.05) is 12.1 Å². The number of aryl methyl sites for hydroxylation is 1. The molecular formula is C17H12FNO. The van der Waals surface area contributed by atoms with Gasteiger partial charge in [0.25, 0.3) is 0 Å². The minimum Gasteiger partial charge on any atom is -0.289 e. The van der Waals surface area contributed by atoms with Crippen LogP contribution in [0.15, 0.2) is 54.9 Å². The van der Waals surface area contributed by atoms with Crippen molar-refractivity contribution in [1.29, 1.82) is 0 Å². The summed E-state index contributed by atoms with van der Waals surface area (Å²) in [4.78, 5) is 16.6. The molecule has 1 heterocycles. The average Bonchev–Trinajstić information content (AvgIpc) is 2.45. The summed E-state index contributed by atoms with van der Waals surface area (Å²) < 4.78 is 13.5. The maximum Gasteiger partial charge on any atom is 0.193 e. The van der Waals surface area contributed by atoms with Gasteiger partial charge in [0.1, 0.15) is 5.82 Å². The molecule has 3 rings (SSSR count). The van der Waals surface area contributed by atoms with Crippen molar-refractivity contribution in [1.82, 2.24) is 4.98 Å². The van der Waals surface area contributed by atoms with E-state index in [9.17, 15) is 9.18 Å². The van der Waals surface area contributed by atoms with Crippen molar-refractivity contribution in [3.05, 3.63) is 77.4 Å². The number of nitrogens with zero attached hydrogens (tertiary/aromatic N) is 1. The van der Waals surface area contributed by atoms with Gasteiger partial charge < -0.3 is 0 Å². The van der Waals surface area contributed by atoms with Crippen molar-refractivity contribution in [3.63, 3.8) is 0 Å². The zero-order valence-electron chi connectivity index (χ0n) is 10.9. The second-order valence-corrected chi connectivity index (χ2v) is 4.75. The molecule has 2 aromatic carbocycles. The van der Waals surface area contributed by atoms with Crippen LogP contribution >= 0.6 is 0 Å². The number of benzene rings is 2. The highest BCUT2D eigenvalue weighted by atomic mass is 19.1. The zero-order valence-corrected chi connectivity index (χ0v) is 10.9. The monoisotopic (exact) mass is 265 g/mol. The lowest BCUT2D eigenvalue weighted by Crippen LogP contribution is -2.03. The molecule has 98 valence electrons. The Morgan fingerprint density at radius 2 is 2.00 bits per heavy atom. The first-order valence-corrected chi connectivity index (χ1v) is 6.30. The largest absolute Gasteiger partial charge is 0.289 e. The van der Waals surface area contributed by atoms with Gasteiger partial charge in [-0.2, -0.15) is 0 Å². The Bertz CT molecular complexity index is 785. The Morgan fingerprint density at radius 1 is 1.15 bits per heavy atom. The lowest BCUT2D eigenvalue weighted by molar-refractivity contribution is 0.104. The van der Waals surface area contributed by atoms with Gasteiger partial charge in [-0.3, -0.25) is 9.78 Å². The van der Waals surface area contributed by atoms with Gasteiger partial charge in [-0.1, -0.05) is 18.2 Å². The van der Waals surface area contributed by atoms with E-state index in [1.165, 1.54) is 12.1 Å². The van der Waals surface area contributed by atoms with E-state index in [4.69, 9.17) is 0 Å². The Hall–Kier alpha value is -2.55. The number of fused-ring (bicyclic) bond motifs is 1. The highest BCUT2D eigenvalue weighted by Crippen LogP contribution is 2.21. The van der Waals surface area contributed by atoms with Crippen LogP contribution in [0, 0.1) is 12.7 Å². The lowest BCUT2D eigenvalue weighted by atomic mass is 9.97. The Labute approximate surface area is 115 Å². The molecule has 0 fully saturated rings. The summed E-state index contributed by atoms with van der Waals surface area (Å²) >= 11 is 0. The van der Waals surface area contributed by atoms with Crippen molar-refractivity contribution in [3.8, 4) is 0 Å². The Morgan fingerprint density at radius 3 is 2.80 bits per heavy atom. The van der Waals surface area contributed by atoms with Crippen molar-refractivity contribution in [2.45, 2.75) is 6.92 Å². The van der Waals surface area contributed by atoms with E-state index < -0.39 is 5.82 Å². The molecule has 3 aromatic rings. The second kappa shape index (κ2) is 4.85. The summed E-state index contributed by atoms with van der Waals surface area (Å²) in [6.45, 7) is 1.77. The predicted octanol–water partition coefficient (Wildman–Crippen LogP) is 3.91. The smallest absolute Gasteiger partial charge is 0.193 e. The van der Waals surface area contributed by atoms with E-state index in [0.717, 1.165) is 16.3 Å². The molecule has 0 spiro atoms. The van der Waals surface area contributed by atoms with Gasteiger partial charge in [0, 0.05) is 28.9 Å². The molecule has 20 heavy (non-hydrogen) atoms. The summed E-state index contributed by atoms with van der Waals surface area (Å²) in [5.74, 6) is -0.570. The highest BCUT2D eigenvalue weighted by Gasteiger charge is 2.13. The van der Waals surface area contributed by atoms with E-state index in [1.54, 1.807) is 37.5 Å². The van der Waals surface area contributed by atoms with Gasteiger partial charge in [0.05, 0.1) is 0 Å². The molecule has 0 atom stereocenters. The molecule has 0 aliphatic rings. The quantitative estimate of drug-likeness (QED) is 0.657. The normalized spacial score (nSPS) is 10.7. The third-order valence-electron chi connectivity index (χ3n) is 3.23. The summed E-state index contributed by atoms with van der Waals surface area (Å²) in [7, 11) is 0. The van der Waals surface area contributed by atoms with E-state index >= 15 is 0 Å². The topological polar surface area (TPSA) is 30.0 Å². The Kier molecular flexibility index (Phi) is 3.03. The van der Waals surface area contributed by atoms with E-state index in [0.29, 0.717) is 11.1 Å². The van der Waals surface area contributed by atoms with E-state index in [-0.39, 0.29) is 5.78 Å². The molecule has 0 aliphatic carbocycles. The van der Waals surface area contributed by atoms with Crippen molar-refractivity contribution in [2.24, 2.45) is 0 Å². The van der Waals surface area contributed by atoms with Crippen LogP contribution in [0.25, 0.3) is 10.8 Å². The van der Waals surface area contributed by atoms with E-state index in [2.05, 4.69) is 4.98 Å². The highest BCUT2D eigenvalue weighted by molar-refractivity contribution is 6.16. The van der Waals surface area contributed by atoms with Crippen LogP contribution in [0.5, 0.6) is 0 Å². The van der Waals surface area contributed by atoms with Crippen LogP contribution in [0.4, 0.5) is 4.39 Å². The lowest BCUT2D eigenvalue weighted by Gasteiger charge is -2.06. The van der Waals surface area contributed by atoms with Crippen LogP contribution < -0.4 is 0 Å². The number of ketones is 1. The summed E-state index contributed by atoms with van der Waals surface area (Å²) in [5, 5.41) is 1.72. The minimum atomic E-state index is -0.393. The van der Waals surface area contributed by atoms with Crippen LogP contribution in [-0.2, 0) is 0 Å². The number of hydrogen-bond acceptors (Lipinski definition) is 2. The average molecular weight is 265 g/mol. The molecule has 0 unspecified atom stereocenters. The standard InChI is InChI=1S/C17H12FNO/c1-11-7-13(9-14(18)8-11)17(20)16-4-2-3-12-10-19-6-5-15(12)16/h2-10H,1H3. The number of aromatic nitrogens is 1. The summed E-state index contributed by atoms with van der Waals surface area (Å²) in [6, 6.07) is 11.6. The van der Waals surface area contributed by atoms with Crippen molar-refractivity contribution >= 4 is 16.6 Å². The SMILES string of the molecule is Cc1cc(F)cc(C(=O)c2cccc3cnccc23)c1. The maximum absolute atomic E-state index is 13.5. The first-order chi connectivity index (χ1) is 9.65. The third-order valence-corrected chi connectivity index (χ3v) is 3.23. The minimum absolute atomic E-state index is 0.176. The summed E-state index contributed by atoms with van der Waals surface area (Å²) in [5.41, 5.74) is 1.66. The second-order valence-electron chi connectivity index (χ2n) is 4.75. The molecule has 1 aromatic heterocycles. The number of rotatable bonds is 2. The van der Waals surface area contributed by atoms with Crippen LogP contribution in [0.3, 0.4) is 0 Å². The molecular weight excluding hydrogens is 253 g/mol. The molecule has 0 saturated carbocycles. The molecule has 0 N–H and O–H groups in total.